The fourth-order valence-corrected chi connectivity index (χ4v) is 4.29. The molecule has 2 amide bonds. The maximum Gasteiger partial charge on any atom is 0.245 e. The first kappa shape index (κ1) is 23.0. The average molecular weight is 475 g/mol. The maximum atomic E-state index is 13.2. The number of likely N-dealkylation sites (tertiary alicyclic amines) is 1. The number of carbonyl (C=O) groups excluding carboxylic acids is 2. The van der Waals surface area contributed by atoms with E-state index in [0.29, 0.717) is 19.4 Å². The van der Waals surface area contributed by atoms with Gasteiger partial charge in [0.1, 0.15) is 20.7 Å². The molecule has 1 aliphatic heterocycles. The zero-order chi connectivity index (χ0) is 20.0. The summed E-state index contributed by atoms with van der Waals surface area (Å²) in [4.78, 5) is 30.4. The van der Waals surface area contributed by atoms with Crippen LogP contribution < -0.4 is 5.32 Å². The normalized spacial score (nSPS) is 19.5. The lowest BCUT2D eigenvalue weighted by Crippen LogP contribution is -2.48. The summed E-state index contributed by atoms with van der Waals surface area (Å²) >= 11 is 24.9. The van der Waals surface area contributed by atoms with E-state index in [1.807, 2.05) is 5.38 Å². The van der Waals surface area contributed by atoms with Gasteiger partial charge in [0.25, 0.3) is 0 Å². The highest BCUT2D eigenvalue weighted by atomic mass is 35.5. The highest BCUT2D eigenvalue weighted by Crippen LogP contribution is 2.34. The quantitative estimate of drug-likeness (QED) is 0.527. The molecule has 1 aliphatic rings. The Labute approximate surface area is 183 Å². The molecule has 0 radical (unpaired) electrons. The van der Waals surface area contributed by atoms with Crippen LogP contribution in [0.1, 0.15) is 50.1 Å². The summed E-state index contributed by atoms with van der Waals surface area (Å²) < 4.78 is 0. The topological polar surface area (TPSA) is 62.3 Å². The third-order valence-electron chi connectivity index (χ3n) is 4.52. The third kappa shape index (κ3) is 6.93. The molecule has 3 unspecified atom stereocenters. The molecule has 2 rings (SSSR count). The molecule has 152 valence electrons. The van der Waals surface area contributed by atoms with E-state index in [4.69, 9.17) is 46.4 Å². The van der Waals surface area contributed by atoms with Crippen LogP contribution >= 0.6 is 57.7 Å². The van der Waals surface area contributed by atoms with Crippen molar-refractivity contribution in [3.8, 4) is 0 Å². The van der Waals surface area contributed by atoms with E-state index in [1.165, 1.54) is 11.3 Å². The summed E-state index contributed by atoms with van der Waals surface area (Å²) in [6, 6.07) is -0.733. The number of hydrogen-bond donors (Lipinski definition) is 1. The molecule has 3 atom stereocenters. The van der Waals surface area contributed by atoms with Crippen molar-refractivity contribution >= 4 is 69.6 Å². The number of thiazole rings is 1. The Morgan fingerprint density at radius 3 is 2.67 bits per heavy atom. The number of rotatable bonds is 9. The van der Waals surface area contributed by atoms with Crippen molar-refractivity contribution < 1.29 is 9.59 Å². The number of carbonyl (C=O) groups is 2. The number of aromatic nitrogens is 1. The van der Waals surface area contributed by atoms with Gasteiger partial charge in [0.15, 0.2) is 0 Å². The van der Waals surface area contributed by atoms with Crippen LogP contribution in [-0.2, 0) is 9.59 Å². The SMILES string of the molecule is CC(CC(=O)NC(CCC(Cl)Cl)C(=O)N1CCCC1c1nccs1)C(Cl)Cl. The van der Waals surface area contributed by atoms with Gasteiger partial charge in [-0.25, -0.2) is 4.98 Å². The van der Waals surface area contributed by atoms with Gasteiger partial charge in [-0.1, -0.05) is 6.92 Å². The van der Waals surface area contributed by atoms with Gasteiger partial charge in [-0.05, 0) is 31.6 Å². The summed E-state index contributed by atoms with van der Waals surface area (Å²) in [6.45, 7) is 2.43. The van der Waals surface area contributed by atoms with E-state index in [2.05, 4.69) is 10.3 Å². The predicted octanol–water partition coefficient (Wildman–Crippen LogP) is 4.71. The van der Waals surface area contributed by atoms with Crippen molar-refractivity contribution in [1.29, 1.82) is 0 Å². The average Bonchev–Trinajstić information content (AvgIpc) is 3.27. The molecular weight excluding hydrogens is 452 g/mol. The van der Waals surface area contributed by atoms with Crippen LogP contribution in [0.2, 0.25) is 0 Å². The highest BCUT2D eigenvalue weighted by molar-refractivity contribution is 7.09. The molecule has 1 saturated heterocycles. The number of hydrogen-bond acceptors (Lipinski definition) is 4. The van der Waals surface area contributed by atoms with Crippen LogP contribution in [0, 0.1) is 5.92 Å². The lowest BCUT2D eigenvalue weighted by atomic mass is 10.1. The molecule has 0 spiro atoms. The highest BCUT2D eigenvalue weighted by Gasteiger charge is 2.36. The number of alkyl halides is 4. The zero-order valence-corrected chi connectivity index (χ0v) is 18.8. The predicted molar refractivity (Wildman–Crippen MR) is 112 cm³/mol. The van der Waals surface area contributed by atoms with Crippen LogP contribution in [-0.4, -0.2) is 44.0 Å². The molecule has 0 aliphatic carbocycles. The van der Waals surface area contributed by atoms with E-state index in [9.17, 15) is 9.59 Å². The number of nitrogens with one attached hydrogen (secondary N) is 1. The van der Waals surface area contributed by atoms with E-state index in [1.54, 1.807) is 18.0 Å². The van der Waals surface area contributed by atoms with E-state index >= 15 is 0 Å². The number of halogens is 4. The first-order chi connectivity index (χ1) is 12.8. The third-order valence-corrected chi connectivity index (χ3v) is 6.69. The zero-order valence-electron chi connectivity index (χ0n) is 14.9. The second-order valence-electron chi connectivity index (χ2n) is 6.66. The Morgan fingerprint density at radius 1 is 1.33 bits per heavy atom. The molecule has 10 heteroatoms. The first-order valence-electron chi connectivity index (χ1n) is 8.85. The molecule has 1 aromatic rings. The van der Waals surface area contributed by atoms with Gasteiger partial charge < -0.3 is 10.2 Å². The van der Waals surface area contributed by atoms with Crippen molar-refractivity contribution in [3.63, 3.8) is 0 Å². The standard InChI is InChI=1S/C17H23Cl4N3O2S/c1-10(15(20)21)9-14(25)23-11(4-5-13(18)19)17(26)24-7-2-3-12(24)16-22-6-8-27-16/h6,8,10-13,15H,2-5,7,9H2,1H3,(H,23,25). The lowest BCUT2D eigenvalue weighted by Gasteiger charge is -2.29. The van der Waals surface area contributed by atoms with Crippen molar-refractivity contribution in [2.75, 3.05) is 6.54 Å². The second-order valence-corrected chi connectivity index (χ2v) is 10.0. The Hall–Kier alpha value is -0.270. The molecule has 1 aromatic heterocycles. The summed E-state index contributed by atoms with van der Waals surface area (Å²) in [5.74, 6) is -0.610. The van der Waals surface area contributed by atoms with Crippen molar-refractivity contribution in [3.05, 3.63) is 16.6 Å². The van der Waals surface area contributed by atoms with Gasteiger partial charge in [0, 0.05) is 24.5 Å². The fourth-order valence-electron chi connectivity index (χ4n) is 3.07. The number of nitrogens with zero attached hydrogens (tertiary/aromatic N) is 2. The van der Waals surface area contributed by atoms with E-state index < -0.39 is 15.7 Å². The second kappa shape index (κ2) is 11.1. The molecule has 0 saturated carbocycles. The van der Waals surface area contributed by atoms with Gasteiger partial charge in [0.05, 0.1) is 6.04 Å². The van der Waals surface area contributed by atoms with Crippen LogP contribution in [0.3, 0.4) is 0 Å². The van der Waals surface area contributed by atoms with E-state index in [-0.39, 0.29) is 30.2 Å². The largest absolute Gasteiger partial charge is 0.344 e. The van der Waals surface area contributed by atoms with Crippen LogP contribution in [0.15, 0.2) is 11.6 Å². The fraction of sp³-hybridized carbons (Fsp3) is 0.706. The van der Waals surface area contributed by atoms with Crippen molar-refractivity contribution in [2.24, 2.45) is 5.92 Å². The van der Waals surface area contributed by atoms with Crippen LogP contribution in [0.4, 0.5) is 0 Å². The molecule has 1 fully saturated rings. The summed E-state index contributed by atoms with van der Waals surface area (Å²) in [6.07, 6.45) is 4.42. The van der Waals surface area contributed by atoms with E-state index in [0.717, 1.165) is 17.8 Å². The van der Waals surface area contributed by atoms with Crippen molar-refractivity contribution in [1.82, 2.24) is 15.2 Å². The smallest absolute Gasteiger partial charge is 0.245 e. The molecule has 0 bridgehead atoms. The minimum atomic E-state index is -0.686. The Morgan fingerprint density at radius 2 is 2.07 bits per heavy atom. The minimum Gasteiger partial charge on any atom is -0.344 e. The monoisotopic (exact) mass is 473 g/mol. The summed E-state index contributed by atoms with van der Waals surface area (Å²) in [7, 11) is 0. The molecule has 27 heavy (non-hydrogen) atoms. The Balaban J connectivity index is 2.07. The van der Waals surface area contributed by atoms with Crippen LogP contribution in [0.5, 0.6) is 0 Å². The van der Waals surface area contributed by atoms with Gasteiger partial charge >= 0.3 is 0 Å². The maximum absolute atomic E-state index is 13.2. The molecular formula is C17H23Cl4N3O2S. The minimum absolute atomic E-state index is 0.0475. The van der Waals surface area contributed by atoms with Gasteiger partial charge in [0.2, 0.25) is 11.8 Å². The van der Waals surface area contributed by atoms with Gasteiger partial charge in [-0.2, -0.15) is 0 Å². The molecule has 2 heterocycles. The molecule has 0 aromatic carbocycles. The lowest BCUT2D eigenvalue weighted by molar-refractivity contribution is -0.137. The molecule has 1 N–H and O–H groups in total. The summed E-state index contributed by atoms with van der Waals surface area (Å²) in [5, 5.41) is 5.63. The van der Waals surface area contributed by atoms with Crippen molar-refractivity contribution in [2.45, 2.75) is 60.8 Å². The van der Waals surface area contributed by atoms with Gasteiger partial charge in [-0.3, -0.25) is 9.59 Å². The Bertz CT molecular complexity index is 615. The number of amides is 2. The van der Waals surface area contributed by atoms with Gasteiger partial charge in [-0.15, -0.1) is 57.7 Å². The molecule has 5 nitrogen and oxygen atoms in total. The first-order valence-corrected chi connectivity index (χ1v) is 11.5. The Kier molecular flexibility index (Phi) is 9.42. The summed E-state index contributed by atoms with van der Waals surface area (Å²) in [5.41, 5.74) is 0. The van der Waals surface area contributed by atoms with Crippen LogP contribution in [0.25, 0.3) is 0 Å².